The van der Waals surface area contributed by atoms with Gasteiger partial charge in [-0.15, -0.1) is 10.2 Å². The number of aromatic nitrogens is 3. The minimum Gasteiger partial charge on any atom is -0.369 e. The van der Waals surface area contributed by atoms with E-state index >= 15 is 0 Å². The van der Waals surface area contributed by atoms with Gasteiger partial charge in [0.15, 0.2) is 5.16 Å². The van der Waals surface area contributed by atoms with Gasteiger partial charge in [0.25, 0.3) is 0 Å². The highest BCUT2D eigenvalue weighted by Gasteiger charge is 2.36. The molecule has 0 unspecified atom stereocenters. The number of nitrogens with zero attached hydrogens (tertiary/aromatic N) is 4. The highest BCUT2D eigenvalue weighted by atomic mass is 32.2. The smallest absolute Gasteiger partial charge is 0.234 e. The maximum absolute atomic E-state index is 12.4. The Morgan fingerprint density at radius 1 is 1.21 bits per heavy atom. The molecule has 2 aromatic rings. The number of carbonyl (C=O) groups excluding carboxylic acids is 1. The topological polar surface area (TPSA) is 63.1 Å². The Morgan fingerprint density at radius 3 is 2.50 bits per heavy atom. The molecule has 0 bridgehead atoms. The molecule has 1 N–H and O–H groups in total. The van der Waals surface area contributed by atoms with Crippen molar-refractivity contribution in [1.29, 1.82) is 0 Å². The van der Waals surface area contributed by atoms with Gasteiger partial charge in [-0.2, -0.15) is 0 Å². The summed E-state index contributed by atoms with van der Waals surface area (Å²) in [6.07, 6.45) is 4.85. The van der Waals surface area contributed by atoms with Crippen LogP contribution in [0.3, 0.4) is 0 Å². The number of nitrogens with one attached hydrogen (secondary N) is 1. The van der Waals surface area contributed by atoms with Gasteiger partial charge in [-0.3, -0.25) is 4.79 Å². The van der Waals surface area contributed by atoms with Gasteiger partial charge >= 0.3 is 0 Å². The molecule has 7 heteroatoms. The van der Waals surface area contributed by atoms with Crippen LogP contribution in [0.5, 0.6) is 0 Å². The SMILES string of the molecule is CCN(c1ccc(NC(=O)CSc2nnc(C3CC3)n2C2CC2)cc1)C(C)C. The van der Waals surface area contributed by atoms with Crippen LogP contribution in [0.2, 0.25) is 0 Å². The second-order valence-electron chi connectivity index (χ2n) is 7.98. The molecule has 2 aliphatic carbocycles. The summed E-state index contributed by atoms with van der Waals surface area (Å²) in [7, 11) is 0. The molecule has 0 atom stereocenters. The Hall–Kier alpha value is -2.02. The molecule has 1 amide bonds. The van der Waals surface area contributed by atoms with Gasteiger partial charge in [0.05, 0.1) is 5.75 Å². The summed E-state index contributed by atoms with van der Waals surface area (Å²) in [5, 5.41) is 12.7. The van der Waals surface area contributed by atoms with Gasteiger partial charge in [-0.1, -0.05) is 11.8 Å². The minimum absolute atomic E-state index is 0.00715. The first-order valence-electron chi connectivity index (χ1n) is 10.3. The zero-order valence-corrected chi connectivity index (χ0v) is 17.7. The normalized spacial score (nSPS) is 16.4. The summed E-state index contributed by atoms with van der Waals surface area (Å²) in [5.41, 5.74) is 2.01. The standard InChI is InChI=1S/C21H29N5OS/c1-4-25(14(2)3)17-9-7-16(8-10-17)22-19(27)13-28-21-24-23-20(15-5-6-15)26(21)18-11-12-18/h7-10,14-15,18H,4-6,11-13H2,1-3H3,(H,22,27). The Morgan fingerprint density at radius 2 is 1.93 bits per heavy atom. The van der Waals surface area contributed by atoms with E-state index in [1.54, 1.807) is 0 Å². The van der Waals surface area contributed by atoms with Crippen molar-refractivity contribution in [2.45, 2.75) is 69.6 Å². The quantitative estimate of drug-likeness (QED) is 0.631. The van der Waals surface area contributed by atoms with Crippen molar-refractivity contribution in [3.05, 3.63) is 30.1 Å². The lowest BCUT2D eigenvalue weighted by Crippen LogP contribution is -2.30. The van der Waals surface area contributed by atoms with E-state index in [-0.39, 0.29) is 5.91 Å². The average molecular weight is 400 g/mol. The highest BCUT2D eigenvalue weighted by molar-refractivity contribution is 7.99. The second kappa shape index (κ2) is 8.15. The first-order valence-corrected chi connectivity index (χ1v) is 11.3. The molecule has 150 valence electrons. The number of rotatable bonds is 9. The van der Waals surface area contributed by atoms with Crippen LogP contribution in [0.4, 0.5) is 11.4 Å². The summed E-state index contributed by atoms with van der Waals surface area (Å²) in [5.74, 6) is 2.06. The van der Waals surface area contributed by atoms with Crippen molar-refractivity contribution >= 4 is 29.0 Å². The van der Waals surface area contributed by atoms with Gasteiger partial charge in [0.1, 0.15) is 5.82 Å². The number of anilines is 2. The van der Waals surface area contributed by atoms with E-state index in [1.807, 2.05) is 12.1 Å². The fourth-order valence-electron chi connectivity index (χ4n) is 3.59. The minimum atomic E-state index is -0.00715. The van der Waals surface area contributed by atoms with Crippen LogP contribution in [0.15, 0.2) is 29.4 Å². The Balaban J connectivity index is 1.34. The van der Waals surface area contributed by atoms with E-state index < -0.39 is 0 Å². The molecule has 1 heterocycles. The van der Waals surface area contributed by atoms with E-state index in [2.05, 4.69) is 57.9 Å². The Bertz CT molecular complexity index is 824. The molecule has 6 nitrogen and oxygen atoms in total. The van der Waals surface area contributed by atoms with Crippen LogP contribution >= 0.6 is 11.8 Å². The number of hydrogen-bond donors (Lipinski definition) is 1. The van der Waals surface area contributed by atoms with Crippen molar-refractivity contribution < 1.29 is 4.79 Å². The molecule has 1 aromatic carbocycles. The predicted octanol–water partition coefficient (Wildman–Crippen LogP) is 4.46. The van der Waals surface area contributed by atoms with Crippen LogP contribution in [-0.4, -0.2) is 39.0 Å². The van der Waals surface area contributed by atoms with Crippen molar-refractivity contribution in [2.75, 3.05) is 22.5 Å². The molecule has 2 saturated carbocycles. The zero-order chi connectivity index (χ0) is 19.7. The fraction of sp³-hybridized carbons (Fsp3) is 0.571. The molecule has 0 aliphatic heterocycles. The van der Waals surface area contributed by atoms with Crippen molar-refractivity contribution in [3.8, 4) is 0 Å². The Labute approximate surface area is 171 Å². The molecule has 4 rings (SSSR count). The fourth-order valence-corrected chi connectivity index (χ4v) is 4.40. The lowest BCUT2D eigenvalue weighted by molar-refractivity contribution is -0.113. The van der Waals surface area contributed by atoms with Crippen molar-refractivity contribution in [1.82, 2.24) is 14.8 Å². The number of carbonyl (C=O) groups is 1. The summed E-state index contributed by atoms with van der Waals surface area (Å²) in [4.78, 5) is 14.7. The van der Waals surface area contributed by atoms with E-state index in [4.69, 9.17) is 0 Å². The van der Waals surface area contributed by atoms with Crippen LogP contribution in [-0.2, 0) is 4.79 Å². The van der Waals surface area contributed by atoms with Crippen LogP contribution < -0.4 is 10.2 Å². The van der Waals surface area contributed by atoms with Gasteiger partial charge < -0.3 is 14.8 Å². The van der Waals surface area contributed by atoms with Crippen LogP contribution in [0, 0.1) is 0 Å². The maximum Gasteiger partial charge on any atom is 0.234 e. The molecule has 2 fully saturated rings. The van der Waals surface area contributed by atoms with E-state index in [0.29, 0.717) is 23.8 Å². The highest BCUT2D eigenvalue weighted by Crippen LogP contribution is 2.45. The maximum atomic E-state index is 12.4. The molecular weight excluding hydrogens is 370 g/mol. The first kappa shape index (κ1) is 19.3. The first-order chi connectivity index (χ1) is 13.6. The van der Waals surface area contributed by atoms with Crippen LogP contribution in [0.25, 0.3) is 0 Å². The van der Waals surface area contributed by atoms with Crippen LogP contribution in [0.1, 0.15) is 64.2 Å². The largest absolute Gasteiger partial charge is 0.369 e. The van der Waals surface area contributed by atoms with Crippen molar-refractivity contribution in [3.63, 3.8) is 0 Å². The summed E-state index contributed by atoms with van der Waals surface area (Å²) >= 11 is 1.49. The molecule has 0 saturated heterocycles. The van der Waals surface area contributed by atoms with E-state index in [9.17, 15) is 4.79 Å². The average Bonchev–Trinajstić information content (AvgIpc) is 3.60. The number of amides is 1. The summed E-state index contributed by atoms with van der Waals surface area (Å²) in [6, 6.07) is 9.08. The van der Waals surface area contributed by atoms with Crippen molar-refractivity contribution in [2.24, 2.45) is 0 Å². The summed E-state index contributed by atoms with van der Waals surface area (Å²) < 4.78 is 2.29. The molecule has 2 aliphatic rings. The van der Waals surface area contributed by atoms with Gasteiger partial charge in [-0.05, 0) is 70.7 Å². The molecule has 0 radical (unpaired) electrons. The number of thioether (sulfide) groups is 1. The predicted molar refractivity (Wildman–Crippen MR) is 114 cm³/mol. The molecule has 0 spiro atoms. The lowest BCUT2D eigenvalue weighted by Gasteiger charge is -2.27. The third-order valence-electron chi connectivity index (χ3n) is 5.32. The van der Waals surface area contributed by atoms with Gasteiger partial charge in [0.2, 0.25) is 5.91 Å². The van der Waals surface area contributed by atoms with Gasteiger partial charge in [0, 0.05) is 35.9 Å². The number of hydrogen-bond acceptors (Lipinski definition) is 5. The monoisotopic (exact) mass is 399 g/mol. The molecule has 28 heavy (non-hydrogen) atoms. The Kier molecular flexibility index (Phi) is 5.62. The molecular formula is C21H29N5OS. The third kappa shape index (κ3) is 4.35. The molecule has 1 aromatic heterocycles. The van der Waals surface area contributed by atoms with E-state index in [0.717, 1.165) is 23.2 Å². The summed E-state index contributed by atoms with van der Waals surface area (Å²) in [6.45, 7) is 7.49. The lowest BCUT2D eigenvalue weighted by atomic mass is 10.2. The van der Waals surface area contributed by atoms with Gasteiger partial charge in [-0.25, -0.2) is 0 Å². The third-order valence-corrected chi connectivity index (χ3v) is 6.27. The number of benzene rings is 1. The second-order valence-corrected chi connectivity index (χ2v) is 8.92. The zero-order valence-electron chi connectivity index (χ0n) is 16.9. The van der Waals surface area contributed by atoms with E-state index in [1.165, 1.54) is 43.1 Å².